The van der Waals surface area contributed by atoms with E-state index in [0.29, 0.717) is 23.0 Å². The lowest BCUT2D eigenvalue weighted by Crippen LogP contribution is -2.16. The highest BCUT2D eigenvalue weighted by Gasteiger charge is 2.31. The van der Waals surface area contributed by atoms with Gasteiger partial charge in [0.25, 0.3) is 0 Å². The first-order chi connectivity index (χ1) is 16.6. The molecular formula is C28H26O6. The molecule has 4 aromatic carbocycles. The minimum atomic E-state index is -0.355. The Morgan fingerprint density at radius 1 is 0.588 bits per heavy atom. The van der Waals surface area contributed by atoms with Crippen LogP contribution in [0.25, 0.3) is 21.9 Å². The van der Waals surface area contributed by atoms with Crippen LogP contribution in [0, 0.1) is 0 Å². The van der Waals surface area contributed by atoms with E-state index in [4.69, 9.17) is 28.4 Å². The maximum atomic E-state index is 6.74. The zero-order valence-corrected chi connectivity index (χ0v) is 19.8. The molecule has 5 rings (SSSR count). The average molecular weight is 459 g/mol. The highest BCUT2D eigenvalue weighted by Crippen LogP contribution is 2.51. The standard InChI is InChI=1S/C28H26O6/c1-29-18-9-6-16(7-10-18)27-22-15-26(33-5)25(32-4)14-21(22)19-11-8-17-12-23(30-2)24(31-3)13-20(17)28(19)34-27/h6-15,27H,1-5H3. The van der Waals surface area contributed by atoms with E-state index in [-0.39, 0.29) is 6.10 Å². The quantitative estimate of drug-likeness (QED) is 0.352. The molecule has 6 heteroatoms. The van der Waals surface area contributed by atoms with Gasteiger partial charge in [-0.2, -0.15) is 0 Å². The SMILES string of the molecule is COc1ccc(C2Oc3c(ccc4cc(OC)c(OC)cc34)-c3cc(OC)c(OC)cc32)cc1. The lowest BCUT2D eigenvalue weighted by Gasteiger charge is -2.31. The predicted octanol–water partition coefficient (Wildman–Crippen LogP) is 6.03. The van der Waals surface area contributed by atoms with E-state index in [1.165, 1.54) is 0 Å². The second kappa shape index (κ2) is 8.71. The van der Waals surface area contributed by atoms with Crippen molar-refractivity contribution >= 4 is 10.8 Å². The summed E-state index contributed by atoms with van der Waals surface area (Å²) >= 11 is 0. The van der Waals surface area contributed by atoms with E-state index in [1.807, 2.05) is 48.5 Å². The van der Waals surface area contributed by atoms with Crippen molar-refractivity contribution in [2.24, 2.45) is 0 Å². The molecule has 0 saturated carbocycles. The number of ether oxygens (including phenoxy) is 6. The number of rotatable bonds is 6. The van der Waals surface area contributed by atoms with Crippen molar-refractivity contribution in [3.63, 3.8) is 0 Å². The van der Waals surface area contributed by atoms with Crippen molar-refractivity contribution in [3.05, 3.63) is 71.8 Å². The van der Waals surface area contributed by atoms with Gasteiger partial charge in [-0.1, -0.05) is 18.2 Å². The molecule has 0 radical (unpaired) electrons. The van der Waals surface area contributed by atoms with Crippen molar-refractivity contribution in [2.45, 2.75) is 6.10 Å². The maximum absolute atomic E-state index is 6.74. The minimum Gasteiger partial charge on any atom is -0.497 e. The highest BCUT2D eigenvalue weighted by atomic mass is 16.5. The highest BCUT2D eigenvalue weighted by molar-refractivity contribution is 5.98. The van der Waals surface area contributed by atoms with Crippen LogP contribution in [-0.2, 0) is 0 Å². The smallest absolute Gasteiger partial charge is 0.161 e. The molecule has 0 spiro atoms. The minimum absolute atomic E-state index is 0.355. The first-order valence-corrected chi connectivity index (χ1v) is 10.9. The van der Waals surface area contributed by atoms with Crippen molar-refractivity contribution in [3.8, 4) is 45.6 Å². The number of fused-ring (bicyclic) bond motifs is 5. The summed E-state index contributed by atoms with van der Waals surface area (Å²) in [7, 11) is 8.20. The van der Waals surface area contributed by atoms with E-state index < -0.39 is 0 Å². The molecule has 1 atom stereocenters. The molecule has 0 bridgehead atoms. The van der Waals surface area contributed by atoms with Crippen molar-refractivity contribution in [1.29, 1.82) is 0 Å². The summed E-state index contributed by atoms with van der Waals surface area (Å²) in [5, 5.41) is 1.93. The molecule has 0 fully saturated rings. The molecule has 174 valence electrons. The summed E-state index contributed by atoms with van der Waals surface area (Å²) in [5.41, 5.74) is 3.99. The van der Waals surface area contributed by atoms with Crippen LogP contribution in [-0.4, -0.2) is 35.5 Å². The topological polar surface area (TPSA) is 55.4 Å². The van der Waals surface area contributed by atoms with E-state index in [0.717, 1.165) is 44.5 Å². The Kier molecular flexibility index (Phi) is 5.57. The van der Waals surface area contributed by atoms with Gasteiger partial charge in [-0.25, -0.2) is 0 Å². The van der Waals surface area contributed by atoms with Gasteiger partial charge in [0.2, 0.25) is 0 Å². The molecule has 34 heavy (non-hydrogen) atoms. The fraction of sp³-hybridized carbons (Fsp3) is 0.214. The van der Waals surface area contributed by atoms with Crippen LogP contribution in [0.5, 0.6) is 34.5 Å². The summed E-state index contributed by atoms with van der Waals surface area (Å²) in [6, 6.07) is 20.0. The first-order valence-electron chi connectivity index (χ1n) is 10.9. The lowest BCUT2D eigenvalue weighted by molar-refractivity contribution is 0.245. The average Bonchev–Trinajstić information content (AvgIpc) is 2.90. The summed E-state index contributed by atoms with van der Waals surface area (Å²) in [6.07, 6.45) is -0.355. The van der Waals surface area contributed by atoms with Gasteiger partial charge >= 0.3 is 0 Å². The van der Waals surface area contributed by atoms with Gasteiger partial charge in [-0.3, -0.25) is 0 Å². The first kappa shape index (κ1) is 21.8. The van der Waals surface area contributed by atoms with Crippen LogP contribution in [0.4, 0.5) is 0 Å². The third-order valence-electron chi connectivity index (χ3n) is 6.26. The van der Waals surface area contributed by atoms with Crippen molar-refractivity contribution < 1.29 is 28.4 Å². The molecule has 1 aliphatic heterocycles. The van der Waals surface area contributed by atoms with E-state index in [1.54, 1.807) is 35.5 Å². The number of hydrogen-bond acceptors (Lipinski definition) is 6. The summed E-state index contributed by atoms with van der Waals surface area (Å²) in [5.74, 6) is 4.19. The molecular weight excluding hydrogens is 432 g/mol. The van der Waals surface area contributed by atoms with Gasteiger partial charge in [0.15, 0.2) is 23.0 Å². The second-order valence-electron chi connectivity index (χ2n) is 7.94. The second-order valence-corrected chi connectivity index (χ2v) is 7.94. The van der Waals surface area contributed by atoms with Gasteiger partial charge in [-0.15, -0.1) is 0 Å². The van der Waals surface area contributed by atoms with Gasteiger partial charge in [0.05, 0.1) is 35.5 Å². The zero-order valence-electron chi connectivity index (χ0n) is 19.8. The van der Waals surface area contributed by atoms with Crippen LogP contribution in [0.2, 0.25) is 0 Å². The van der Waals surface area contributed by atoms with Crippen LogP contribution < -0.4 is 28.4 Å². The fourth-order valence-electron chi connectivity index (χ4n) is 4.51. The molecule has 0 amide bonds. The largest absolute Gasteiger partial charge is 0.497 e. The molecule has 1 aliphatic rings. The molecule has 1 heterocycles. The molecule has 0 N–H and O–H groups in total. The maximum Gasteiger partial charge on any atom is 0.161 e. The van der Waals surface area contributed by atoms with E-state index in [9.17, 15) is 0 Å². The van der Waals surface area contributed by atoms with Crippen molar-refractivity contribution in [1.82, 2.24) is 0 Å². The van der Waals surface area contributed by atoms with Gasteiger partial charge in [-0.05, 0) is 59.0 Å². The Balaban J connectivity index is 1.78. The van der Waals surface area contributed by atoms with Crippen LogP contribution in [0.3, 0.4) is 0 Å². The Labute approximate surface area is 198 Å². The van der Waals surface area contributed by atoms with E-state index >= 15 is 0 Å². The van der Waals surface area contributed by atoms with Gasteiger partial charge < -0.3 is 28.4 Å². The van der Waals surface area contributed by atoms with Crippen LogP contribution in [0.15, 0.2) is 60.7 Å². The normalized spacial score (nSPS) is 14.0. The Morgan fingerprint density at radius 3 is 1.85 bits per heavy atom. The van der Waals surface area contributed by atoms with Crippen LogP contribution in [0.1, 0.15) is 17.2 Å². The Hall–Kier alpha value is -4.06. The molecule has 6 nitrogen and oxygen atoms in total. The summed E-state index contributed by atoms with van der Waals surface area (Å²) in [4.78, 5) is 0. The third-order valence-corrected chi connectivity index (χ3v) is 6.26. The fourth-order valence-corrected chi connectivity index (χ4v) is 4.51. The zero-order chi connectivity index (χ0) is 23.8. The third kappa shape index (κ3) is 3.43. The van der Waals surface area contributed by atoms with E-state index in [2.05, 4.69) is 12.1 Å². The number of hydrogen-bond donors (Lipinski definition) is 0. The van der Waals surface area contributed by atoms with Gasteiger partial charge in [0.1, 0.15) is 17.6 Å². The van der Waals surface area contributed by atoms with Crippen molar-refractivity contribution in [2.75, 3.05) is 35.5 Å². The van der Waals surface area contributed by atoms with Crippen LogP contribution >= 0.6 is 0 Å². The number of methoxy groups -OCH3 is 5. The molecule has 0 aromatic heterocycles. The monoisotopic (exact) mass is 458 g/mol. The summed E-state index contributed by atoms with van der Waals surface area (Å²) < 4.78 is 34.4. The number of benzene rings is 4. The Bertz CT molecular complexity index is 1360. The Morgan fingerprint density at radius 2 is 1.21 bits per heavy atom. The molecule has 4 aromatic rings. The molecule has 1 unspecified atom stereocenters. The van der Waals surface area contributed by atoms with Gasteiger partial charge in [0, 0.05) is 16.5 Å². The molecule has 0 saturated heterocycles. The summed E-state index contributed by atoms with van der Waals surface area (Å²) in [6.45, 7) is 0. The predicted molar refractivity (Wildman–Crippen MR) is 131 cm³/mol. The molecule has 0 aliphatic carbocycles. The lowest BCUT2D eigenvalue weighted by atomic mass is 9.87.